The number of aryl methyl sites for hydroxylation is 1. The van der Waals surface area contributed by atoms with Crippen LogP contribution in [0.2, 0.25) is 0 Å². The highest BCUT2D eigenvalue weighted by Gasteiger charge is 2.28. The fourth-order valence-corrected chi connectivity index (χ4v) is 4.23. The lowest BCUT2D eigenvalue weighted by Crippen LogP contribution is -2.47. The van der Waals surface area contributed by atoms with E-state index >= 15 is 0 Å². The zero-order chi connectivity index (χ0) is 18.0. The van der Waals surface area contributed by atoms with E-state index in [9.17, 15) is 18.8 Å². The minimum absolute atomic E-state index is 0.0390. The van der Waals surface area contributed by atoms with Crippen LogP contribution in [0, 0.1) is 11.3 Å². The summed E-state index contributed by atoms with van der Waals surface area (Å²) >= 11 is 1.10. The highest BCUT2D eigenvalue weighted by Crippen LogP contribution is 2.37. The Labute approximate surface area is 150 Å². The van der Waals surface area contributed by atoms with Gasteiger partial charge in [-0.3, -0.25) is 4.79 Å². The second-order valence-electron chi connectivity index (χ2n) is 6.37. The van der Waals surface area contributed by atoms with Crippen molar-refractivity contribution in [1.82, 2.24) is 14.8 Å². The SMILES string of the molecule is CN1CCN(C(=O)CSc2nc3c(c(C(F)F)c2C#N)CCC3)CC1. The number of rotatable bonds is 4. The molecule has 1 aromatic heterocycles. The number of aromatic nitrogens is 1. The van der Waals surface area contributed by atoms with Crippen molar-refractivity contribution in [3.8, 4) is 6.07 Å². The number of nitrogens with zero attached hydrogens (tertiary/aromatic N) is 4. The molecule has 1 aromatic rings. The van der Waals surface area contributed by atoms with Crippen LogP contribution in [-0.2, 0) is 17.6 Å². The Morgan fingerprint density at radius 1 is 1.32 bits per heavy atom. The molecule has 1 aliphatic carbocycles. The maximum absolute atomic E-state index is 13.5. The van der Waals surface area contributed by atoms with E-state index in [4.69, 9.17) is 0 Å². The van der Waals surface area contributed by atoms with Gasteiger partial charge in [-0.25, -0.2) is 13.8 Å². The van der Waals surface area contributed by atoms with Crippen molar-refractivity contribution in [2.75, 3.05) is 39.0 Å². The van der Waals surface area contributed by atoms with E-state index in [0.29, 0.717) is 37.2 Å². The van der Waals surface area contributed by atoms with Gasteiger partial charge in [-0.1, -0.05) is 11.8 Å². The molecule has 5 nitrogen and oxygen atoms in total. The lowest BCUT2D eigenvalue weighted by Gasteiger charge is -2.32. The van der Waals surface area contributed by atoms with Gasteiger partial charge in [0, 0.05) is 37.4 Å². The number of carbonyl (C=O) groups excluding carboxylic acids is 1. The molecule has 134 valence electrons. The molecule has 1 amide bonds. The number of piperazine rings is 1. The van der Waals surface area contributed by atoms with Crippen LogP contribution >= 0.6 is 11.8 Å². The normalized spacial score (nSPS) is 17.6. The Bertz CT molecular complexity index is 712. The summed E-state index contributed by atoms with van der Waals surface area (Å²) in [4.78, 5) is 20.7. The van der Waals surface area contributed by atoms with Gasteiger partial charge in [-0.05, 0) is 31.9 Å². The Morgan fingerprint density at radius 3 is 2.68 bits per heavy atom. The first-order valence-corrected chi connectivity index (χ1v) is 9.32. The summed E-state index contributed by atoms with van der Waals surface area (Å²) in [6.07, 6.45) is -0.721. The minimum atomic E-state index is -2.70. The second-order valence-corrected chi connectivity index (χ2v) is 7.33. The van der Waals surface area contributed by atoms with Crippen LogP contribution < -0.4 is 0 Å². The number of halogens is 2. The molecule has 3 rings (SSSR count). The fraction of sp³-hybridized carbons (Fsp3) is 0.588. The molecule has 1 aliphatic heterocycles. The van der Waals surface area contributed by atoms with Crippen LogP contribution in [-0.4, -0.2) is 59.7 Å². The first-order valence-electron chi connectivity index (χ1n) is 8.34. The Morgan fingerprint density at radius 2 is 2.04 bits per heavy atom. The number of carbonyl (C=O) groups is 1. The maximum Gasteiger partial charge on any atom is 0.265 e. The molecule has 2 aliphatic rings. The van der Waals surface area contributed by atoms with Crippen molar-refractivity contribution in [2.45, 2.75) is 30.7 Å². The number of pyridine rings is 1. The minimum Gasteiger partial charge on any atom is -0.339 e. The maximum atomic E-state index is 13.5. The van der Waals surface area contributed by atoms with Crippen molar-refractivity contribution < 1.29 is 13.6 Å². The molecule has 0 bridgehead atoms. The van der Waals surface area contributed by atoms with E-state index in [2.05, 4.69) is 9.88 Å². The molecule has 2 heterocycles. The quantitative estimate of drug-likeness (QED) is 0.765. The molecule has 0 unspecified atom stereocenters. The van der Waals surface area contributed by atoms with E-state index in [1.54, 1.807) is 4.90 Å². The van der Waals surface area contributed by atoms with Gasteiger partial charge in [0.05, 0.1) is 11.3 Å². The molecular formula is C17H20F2N4OS. The Hall–Kier alpha value is -1.72. The summed E-state index contributed by atoms with van der Waals surface area (Å²) in [6.45, 7) is 2.99. The van der Waals surface area contributed by atoms with Crippen LogP contribution in [0.15, 0.2) is 5.03 Å². The first-order chi connectivity index (χ1) is 12.0. The largest absolute Gasteiger partial charge is 0.339 e. The standard InChI is InChI=1S/C17H20F2N4OS/c1-22-5-7-23(8-6-22)14(24)10-25-17-12(9-20)15(16(18)19)11-3-2-4-13(11)21-17/h16H,2-8,10H2,1H3. The van der Waals surface area contributed by atoms with Crippen LogP contribution in [0.5, 0.6) is 0 Å². The van der Waals surface area contributed by atoms with E-state index in [-0.39, 0.29) is 27.8 Å². The molecule has 0 saturated carbocycles. The van der Waals surface area contributed by atoms with Gasteiger partial charge >= 0.3 is 0 Å². The van der Waals surface area contributed by atoms with E-state index in [0.717, 1.165) is 31.3 Å². The molecule has 1 saturated heterocycles. The number of hydrogen-bond donors (Lipinski definition) is 0. The number of likely N-dealkylation sites (N-methyl/N-ethyl adjacent to an activating group) is 1. The first kappa shape index (κ1) is 18.1. The molecule has 1 fully saturated rings. The van der Waals surface area contributed by atoms with Gasteiger partial charge in [0.25, 0.3) is 6.43 Å². The lowest BCUT2D eigenvalue weighted by molar-refractivity contribution is -0.129. The van der Waals surface area contributed by atoms with Crippen molar-refractivity contribution >= 4 is 17.7 Å². The zero-order valence-corrected chi connectivity index (χ0v) is 14.9. The Balaban J connectivity index is 1.77. The van der Waals surface area contributed by atoms with Gasteiger partial charge in [0.2, 0.25) is 5.91 Å². The third kappa shape index (κ3) is 3.77. The molecule has 0 aromatic carbocycles. The summed E-state index contributed by atoms with van der Waals surface area (Å²) < 4.78 is 27.0. The molecule has 0 radical (unpaired) electrons. The lowest BCUT2D eigenvalue weighted by atomic mass is 10.0. The highest BCUT2D eigenvalue weighted by molar-refractivity contribution is 8.00. The van der Waals surface area contributed by atoms with Crippen LogP contribution in [0.4, 0.5) is 8.78 Å². The molecule has 0 atom stereocenters. The highest BCUT2D eigenvalue weighted by atomic mass is 32.2. The van der Waals surface area contributed by atoms with Crippen molar-refractivity contribution in [1.29, 1.82) is 5.26 Å². The molecule has 25 heavy (non-hydrogen) atoms. The number of amides is 1. The van der Waals surface area contributed by atoms with Crippen molar-refractivity contribution in [3.05, 3.63) is 22.4 Å². The third-order valence-electron chi connectivity index (χ3n) is 4.75. The average molecular weight is 366 g/mol. The number of nitriles is 1. The predicted octanol–water partition coefficient (Wildman–Crippen LogP) is 2.25. The number of alkyl halides is 2. The number of fused-ring (bicyclic) bond motifs is 1. The van der Waals surface area contributed by atoms with Gasteiger partial charge < -0.3 is 9.80 Å². The molecule has 0 spiro atoms. The van der Waals surface area contributed by atoms with Gasteiger partial charge in [0.15, 0.2) is 0 Å². The average Bonchev–Trinajstić information content (AvgIpc) is 3.06. The van der Waals surface area contributed by atoms with Crippen LogP contribution in [0.1, 0.15) is 35.2 Å². The van der Waals surface area contributed by atoms with Crippen molar-refractivity contribution in [3.63, 3.8) is 0 Å². The molecular weight excluding hydrogens is 346 g/mol. The van der Waals surface area contributed by atoms with E-state index in [1.807, 2.05) is 13.1 Å². The number of hydrogen-bond acceptors (Lipinski definition) is 5. The summed E-state index contributed by atoms with van der Waals surface area (Å²) in [5, 5.41) is 9.65. The Kier molecular flexibility index (Phi) is 5.54. The number of thioether (sulfide) groups is 1. The van der Waals surface area contributed by atoms with Crippen LogP contribution in [0.25, 0.3) is 0 Å². The third-order valence-corrected chi connectivity index (χ3v) is 5.71. The summed E-state index contributed by atoms with van der Waals surface area (Å²) in [7, 11) is 2.01. The fourth-order valence-electron chi connectivity index (χ4n) is 3.32. The molecule has 0 N–H and O–H groups in total. The smallest absolute Gasteiger partial charge is 0.265 e. The second kappa shape index (κ2) is 7.67. The van der Waals surface area contributed by atoms with E-state index < -0.39 is 6.43 Å². The monoisotopic (exact) mass is 366 g/mol. The summed E-state index contributed by atoms with van der Waals surface area (Å²) in [6, 6.07) is 1.89. The van der Waals surface area contributed by atoms with Crippen LogP contribution in [0.3, 0.4) is 0 Å². The zero-order valence-electron chi connectivity index (χ0n) is 14.1. The summed E-state index contributed by atoms with van der Waals surface area (Å²) in [5.41, 5.74) is 0.941. The van der Waals surface area contributed by atoms with Crippen molar-refractivity contribution in [2.24, 2.45) is 0 Å². The van der Waals surface area contributed by atoms with Gasteiger partial charge in [0.1, 0.15) is 11.1 Å². The summed E-state index contributed by atoms with van der Waals surface area (Å²) in [5.74, 6) is 0.0789. The molecule has 8 heteroatoms. The van der Waals surface area contributed by atoms with Gasteiger partial charge in [-0.2, -0.15) is 5.26 Å². The van der Waals surface area contributed by atoms with Gasteiger partial charge in [-0.15, -0.1) is 0 Å². The van der Waals surface area contributed by atoms with E-state index in [1.165, 1.54) is 0 Å². The topological polar surface area (TPSA) is 60.2 Å². The predicted molar refractivity (Wildman–Crippen MR) is 90.7 cm³/mol.